The van der Waals surface area contributed by atoms with Crippen LogP contribution >= 0.6 is 0 Å². The van der Waals surface area contributed by atoms with Gasteiger partial charge in [-0.1, -0.05) is 36.6 Å². The molecule has 4 aliphatic rings. The molecular formula is C33H42N2O7. The number of phenolic OH excluding ortho intramolecular Hbond substituents is 2. The van der Waals surface area contributed by atoms with E-state index < -0.39 is 23.5 Å². The topological polar surface area (TPSA) is 138 Å². The maximum Gasteiger partial charge on any atom is 0.328 e. The maximum atomic E-state index is 12.6. The molecule has 5 rings (SSSR count). The van der Waals surface area contributed by atoms with Gasteiger partial charge in [-0.2, -0.15) is 0 Å². The molecule has 1 amide bonds. The van der Waals surface area contributed by atoms with Gasteiger partial charge in [0.2, 0.25) is 0 Å². The van der Waals surface area contributed by atoms with Crippen LogP contribution in [-0.2, 0) is 25.6 Å². The molecule has 0 aromatic heterocycles. The molecule has 9 heteroatoms. The van der Waals surface area contributed by atoms with Crippen molar-refractivity contribution in [3.05, 3.63) is 35.4 Å². The Labute approximate surface area is 247 Å². The Morgan fingerprint density at radius 2 is 1.88 bits per heavy atom. The Kier molecular flexibility index (Phi) is 8.06. The highest BCUT2D eigenvalue weighted by molar-refractivity contribution is 5.96. The third kappa shape index (κ3) is 5.15. The summed E-state index contributed by atoms with van der Waals surface area (Å²) in [5, 5.41) is 37.4. The highest BCUT2D eigenvalue weighted by Crippen LogP contribution is 2.67. The molecule has 0 saturated heterocycles. The largest absolute Gasteiger partial charge is 0.504 e. The van der Waals surface area contributed by atoms with Crippen LogP contribution in [0.4, 0.5) is 0 Å². The summed E-state index contributed by atoms with van der Waals surface area (Å²) >= 11 is 0. The van der Waals surface area contributed by atoms with Crippen LogP contribution in [0.1, 0.15) is 70.8 Å². The summed E-state index contributed by atoms with van der Waals surface area (Å²) in [6, 6.07) is 3.20. The van der Waals surface area contributed by atoms with Gasteiger partial charge in [-0.25, -0.2) is 4.79 Å². The van der Waals surface area contributed by atoms with E-state index in [1.54, 1.807) is 6.07 Å². The number of carbonyl (C=O) groups is 2. The Bertz CT molecular complexity index is 1350. The van der Waals surface area contributed by atoms with Crippen molar-refractivity contribution in [2.24, 2.45) is 33.7 Å². The molecule has 0 spiro atoms. The van der Waals surface area contributed by atoms with Crippen LogP contribution in [0.25, 0.3) is 0 Å². The van der Waals surface area contributed by atoms with Crippen LogP contribution in [0, 0.1) is 40.9 Å². The van der Waals surface area contributed by atoms with Gasteiger partial charge in [0.25, 0.3) is 5.91 Å². The average Bonchev–Trinajstić information content (AvgIpc) is 3.25. The fourth-order valence-corrected chi connectivity index (χ4v) is 8.57. The molecule has 226 valence electrons. The smallest absolute Gasteiger partial charge is 0.328 e. The molecule has 1 aromatic rings. The quantitative estimate of drug-likeness (QED) is 0.166. The molecule has 4 N–H and O–H groups in total. The lowest BCUT2D eigenvalue weighted by Crippen LogP contribution is -2.54. The molecule has 0 heterocycles. The van der Waals surface area contributed by atoms with Crippen LogP contribution < -0.4 is 5.32 Å². The van der Waals surface area contributed by atoms with Crippen molar-refractivity contribution in [1.29, 1.82) is 0 Å². The van der Waals surface area contributed by atoms with Crippen LogP contribution in [0.3, 0.4) is 0 Å². The van der Waals surface area contributed by atoms with Gasteiger partial charge in [-0.05, 0) is 98.3 Å². The van der Waals surface area contributed by atoms with E-state index in [0.717, 1.165) is 50.7 Å². The number of nitrogens with zero attached hydrogens (tertiary/aromatic N) is 1. The van der Waals surface area contributed by atoms with Gasteiger partial charge in [-0.15, -0.1) is 6.42 Å². The van der Waals surface area contributed by atoms with Gasteiger partial charge in [0.05, 0.1) is 12.8 Å². The molecule has 0 aliphatic heterocycles. The predicted molar refractivity (Wildman–Crippen MR) is 156 cm³/mol. The number of phenols is 2. The minimum absolute atomic E-state index is 0.0651. The lowest BCUT2D eigenvalue weighted by Gasteiger charge is -2.58. The number of methoxy groups -OCH3 is 1. The number of fused-ring (bicyclic) bond motifs is 5. The van der Waals surface area contributed by atoms with E-state index in [1.807, 2.05) is 0 Å². The normalized spacial score (nSPS) is 35.1. The second kappa shape index (κ2) is 11.3. The van der Waals surface area contributed by atoms with E-state index in [9.17, 15) is 24.9 Å². The number of ether oxygens (including phenoxy) is 1. The lowest BCUT2D eigenvalue weighted by atomic mass is 9.46. The zero-order valence-corrected chi connectivity index (χ0v) is 24.7. The molecule has 7 atom stereocenters. The predicted octanol–water partition coefficient (Wildman–Crippen LogP) is 4.00. The standard InChI is InChI=1S/C33H42N2O7/c1-5-33(40)15-12-25-23-8-7-21-18-22(10-13-31(21,2)24(23)11-14-32(25,33)3)35-42-19-29(38)34-26(30(39)41-4)16-20-6-9-27(36)28(37)17-20/h1,6,9,17-18,23-26,36-37,40H,7-8,10-16,19H2,2-4H3,(H,34,38). The number of benzene rings is 1. The fraction of sp³-hybridized carbons (Fsp3) is 0.606. The number of amides is 1. The molecule has 0 radical (unpaired) electrons. The van der Waals surface area contributed by atoms with Gasteiger partial charge in [-0.3, -0.25) is 4.79 Å². The fourth-order valence-electron chi connectivity index (χ4n) is 8.57. The van der Waals surface area contributed by atoms with Crippen molar-refractivity contribution < 1.29 is 34.5 Å². The number of aliphatic hydroxyl groups is 1. The molecular weight excluding hydrogens is 536 g/mol. The summed E-state index contributed by atoms with van der Waals surface area (Å²) in [5.41, 5.74) is 1.60. The number of aromatic hydroxyl groups is 2. The summed E-state index contributed by atoms with van der Waals surface area (Å²) in [4.78, 5) is 30.3. The van der Waals surface area contributed by atoms with Gasteiger partial charge in [0, 0.05) is 11.8 Å². The van der Waals surface area contributed by atoms with E-state index in [2.05, 4.69) is 36.3 Å². The number of hydrogen-bond acceptors (Lipinski definition) is 8. The van der Waals surface area contributed by atoms with Crippen LogP contribution in [0.15, 0.2) is 35.0 Å². The molecule has 3 saturated carbocycles. The second-order valence-electron chi connectivity index (χ2n) is 13.0. The van der Waals surface area contributed by atoms with Crippen molar-refractivity contribution >= 4 is 17.6 Å². The molecule has 0 bridgehead atoms. The lowest BCUT2D eigenvalue weighted by molar-refractivity contribution is -0.145. The maximum absolute atomic E-state index is 12.6. The number of allylic oxidation sites excluding steroid dienone is 2. The number of rotatable bonds is 7. The first kappa shape index (κ1) is 30.0. The Morgan fingerprint density at radius 1 is 1.12 bits per heavy atom. The van der Waals surface area contributed by atoms with Crippen LogP contribution in [0.5, 0.6) is 11.5 Å². The van der Waals surface area contributed by atoms with E-state index in [1.165, 1.54) is 24.8 Å². The van der Waals surface area contributed by atoms with Gasteiger partial charge in [0.15, 0.2) is 18.1 Å². The zero-order valence-electron chi connectivity index (χ0n) is 24.7. The van der Waals surface area contributed by atoms with Crippen LogP contribution in [-0.4, -0.2) is 58.3 Å². The van der Waals surface area contributed by atoms with Crippen molar-refractivity contribution in [1.82, 2.24) is 5.32 Å². The monoisotopic (exact) mass is 578 g/mol. The summed E-state index contributed by atoms with van der Waals surface area (Å²) in [6.07, 6.45) is 15.5. The van der Waals surface area contributed by atoms with E-state index in [4.69, 9.17) is 16.0 Å². The number of carbonyl (C=O) groups excluding carboxylic acids is 2. The number of terminal acetylenes is 1. The SMILES string of the molecule is C#CC1(O)CCC2C3CCC4=CC(=NOCC(=O)NC(Cc5ccc(O)c(O)c5)C(=O)OC)CCC4(C)C3CCC21C. The highest BCUT2D eigenvalue weighted by Gasteiger charge is 2.63. The van der Waals surface area contributed by atoms with Crippen molar-refractivity contribution in [2.45, 2.75) is 83.3 Å². The first-order chi connectivity index (χ1) is 19.9. The molecule has 4 aliphatic carbocycles. The number of oxime groups is 1. The van der Waals surface area contributed by atoms with E-state index in [0.29, 0.717) is 29.7 Å². The molecule has 42 heavy (non-hydrogen) atoms. The van der Waals surface area contributed by atoms with E-state index >= 15 is 0 Å². The van der Waals surface area contributed by atoms with Crippen molar-refractivity contribution in [2.75, 3.05) is 13.7 Å². The number of nitrogens with one attached hydrogen (secondary N) is 1. The summed E-state index contributed by atoms with van der Waals surface area (Å²) < 4.78 is 4.82. The van der Waals surface area contributed by atoms with E-state index in [-0.39, 0.29) is 35.4 Å². The molecule has 3 fully saturated rings. The third-order valence-corrected chi connectivity index (χ3v) is 11.0. The first-order valence-electron chi connectivity index (χ1n) is 14.9. The Balaban J connectivity index is 1.20. The van der Waals surface area contributed by atoms with Crippen molar-refractivity contribution in [3.63, 3.8) is 0 Å². The third-order valence-electron chi connectivity index (χ3n) is 11.0. The zero-order chi connectivity index (χ0) is 30.3. The Morgan fingerprint density at radius 3 is 2.60 bits per heavy atom. The first-order valence-corrected chi connectivity index (χ1v) is 14.9. The van der Waals surface area contributed by atoms with Gasteiger partial charge < -0.3 is 30.2 Å². The molecule has 9 nitrogen and oxygen atoms in total. The second-order valence-corrected chi connectivity index (χ2v) is 13.0. The number of esters is 1. The molecule has 1 aromatic carbocycles. The van der Waals surface area contributed by atoms with Gasteiger partial charge >= 0.3 is 5.97 Å². The average molecular weight is 579 g/mol. The Hall–Kier alpha value is -3.51. The van der Waals surface area contributed by atoms with Crippen molar-refractivity contribution in [3.8, 4) is 23.8 Å². The number of hydrogen-bond donors (Lipinski definition) is 4. The summed E-state index contributed by atoms with van der Waals surface area (Å²) in [7, 11) is 1.23. The van der Waals surface area contributed by atoms with Gasteiger partial charge in [0.1, 0.15) is 11.6 Å². The molecule has 7 unspecified atom stereocenters. The van der Waals surface area contributed by atoms with Crippen LogP contribution in [0.2, 0.25) is 0 Å². The summed E-state index contributed by atoms with van der Waals surface area (Å²) in [6.45, 7) is 4.23. The minimum atomic E-state index is -0.999. The minimum Gasteiger partial charge on any atom is -0.504 e. The highest BCUT2D eigenvalue weighted by atomic mass is 16.6. The summed E-state index contributed by atoms with van der Waals surface area (Å²) in [5.74, 6) is 2.55.